The maximum Gasteiger partial charge on any atom is 0.547 e. The molecule has 1 amide bonds. The normalized spacial score (nSPS) is 15.4. The minimum absolute atomic E-state index is 0.0110. The monoisotopic (exact) mass is 397 g/mol. The minimum Gasteiger partial charge on any atom is -0.534 e. The lowest BCUT2D eigenvalue weighted by Crippen LogP contribution is -2.53. The molecule has 0 aliphatic carbocycles. The molecule has 2 aromatic carbocycles. The molecule has 0 unspecified atom stereocenters. The molecule has 0 aromatic heterocycles. The quantitative estimate of drug-likeness (QED) is 0.434. The van der Waals surface area contributed by atoms with Gasteiger partial charge >= 0.3 is 13.1 Å². The minimum atomic E-state index is -1.34. The van der Waals surface area contributed by atoms with Gasteiger partial charge in [-0.25, -0.2) is 4.79 Å². The van der Waals surface area contributed by atoms with Gasteiger partial charge < -0.3 is 30.7 Å². The number of benzene rings is 2. The van der Waals surface area contributed by atoms with Gasteiger partial charge in [-0.05, 0) is 55.4 Å². The molecule has 0 saturated carbocycles. The molecule has 1 atom stereocenters. The van der Waals surface area contributed by atoms with E-state index in [0.29, 0.717) is 24.2 Å². The lowest BCUT2D eigenvalue weighted by atomic mass is 9.72. The van der Waals surface area contributed by atoms with Crippen molar-refractivity contribution in [3.63, 3.8) is 0 Å². The third-order valence-electron chi connectivity index (χ3n) is 4.87. The Hall–Kier alpha value is -2.88. The maximum atomic E-state index is 12.8. The molecule has 8 nitrogen and oxygen atoms in total. The second-order valence-electron chi connectivity index (χ2n) is 6.94. The second-order valence-corrected chi connectivity index (χ2v) is 6.94. The van der Waals surface area contributed by atoms with Crippen LogP contribution in [-0.4, -0.2) is 49.2 Å². The van der Waals surface area contributed by atoms with Crippen LogP contribution in [0.3, 0.4) is 0 Å². The number of carboxylic acids is 1. The van der Waals surface area contributed by atoms with Crippen LogP contribution in [0.5, 0.6) is 5.75 Å². The maximum absolute atomic E-state index is 12.8. The number of fused-ring (bicyclic) bond motifs is 1. The van der Waals surface area contributed by atoms with Crippen molar-refractivity contribution in [3.8, 4) is 5.75 Å². The van der Waals surface area contributed by atoms with Crippen LogP contribution in [0.4, 0.5) is 0 Å². The van der Waals surface area contributed by atoms with E-state index >= 15 is 0 Å². The fourth-order valence-corrected chi connectivity index (χ4v) is 3.45. The Morgan fingerprint density at radius 3 is 2.55 bits per heavy atom. The number of hydrogen-bond donors (Lipinski definition) is 5. The van der Waals surface area contributed by atoms with Gasteiger partial charge in [-0.1, -0.05) is 18.2 Å². The fourth-order valence-electron chi connectivity index (χ4n) is 3.45. The van der Waals surface area contributed by atoms with Gasteiger partial charge in [-0.3, -0.25) is 4.79 Å². The molecular formula is C20H24BN3O5. The highest BCUT2D eigenvalue weighted by Crippen LogP contribution is 2.30. The predicted molar refractivity (Wildman–Crippen MR) is 109 cm³/mol. The van der Waals surface area contributed by atoms with Crippen LogP contribution in [0, 0.1) is 0 Å². The summed E-state index contributed by atoms with van der Waals surface area (Å²) >= 11 is 0. The molecule has 9 heteroatoms. The Labute approximate surface area is 169 Å². The number of carbonyl (C=O) groups is 2. The molecule has 29 heavy (non-hydrogen) atoms. The van der Waals surface area contributed by atoms with Gasteiger partial charge in [0.25, 0.3) is 5.91 Å². The van der Waals surface area contributed by atoms with E-state index < -0.39 is 19.0 Å². The average molecular weight is 397 g/mol. The summed E-state index contributed by atoms with van der Waals surface area (Å²) in [7, 11) is 2.36. The van der Waals surface area contributed by atoms with Crippen molar-refractivity contribution in [3.05, 3.63) is 64.2 Å². The highest BCUT2D eigenvalue weighted by atomic mass is 16.5. The molecule has 1 aliphatic rings. The number of para-hydroxylation sites is 1. The zero-order valence-corrected chi connectivity index (χ0v) is 16.4. The van der Waals surface area contributed by atoms with E-state index in [2.05, 4.69) is 16.0 Å². The molecule has 0 fully saturated rings. The standard InChI is InChI=1S/C20H24BN3O5/c1-22-10-14-7-6-13(8-15(14)11-23-2)19(25)24-17-9-12-4-3-5-16(20(26)27)18(12)29-21(17)28/h3-8,17,22-23,28H,9-11H2,1-2H3,(H,24,25)(H,26,27)/t17-/m0/s1. The topological polar surface area (TPSA) is 120 Å². The van der Waals surface area contributed by atoms with Crippen molar-refractivity contribution in [1.29, 1.82) is 0 Å². The van der Waals surface area contributed by atoms with Gasteiger partial charge in [0.2, 0.25) is 0 Å². The molecule has 1 heterocycles. The van der Waals surface area contributed by atoms with E-state index in [1.165, 1.54) is 6.07 Å². The lowest BCUT2D eigenvalue weighted by molar-refractivity contribution is 0.0693. The van der Waals surface area contributed by atoms with Gasteiger partial charge in [-0.2, -0.15) is 0 Å². The van der Waals surface area contributed by atoms with Crippen molar-refractivity contribution in [1.82, 2.24) is 16.0 Å². The third-order valence-corrected chi connectivity index (χ3v) is 4.87. The smallest absolute Gasteiger partial charge is 0.534 e. The first-order valence-electron chi connectivity index (χ1n) is 9.36. The van der Waals surface area contributed by atoms with E-state index in [1.807, 2.05) is 26.2 Å². The number of amides is 1. The van der Waals surface area contributed by atoms with Crippen molar-refractivity contribution in [2.45, 2.75) is 25.5 Å². The molecule has 0 radical (unpaired) electrons. The summed E-state index contributed by atoms with van der Waals surface area (Å²) in [6, 6.07) is 10.2. The van der Waals surface area contributed by atoms with E-state index in [9.17, 15) is 19.7 Å². The molecular weight excluding hydrogens is 373 g/mol. The van der Waals surface area contributed by atoms with Crippen molar-refractivity contribution in [2.75, 3.05) is 14.1 Å². The van der Waals surface area contributed by atoms with Crippen LogP contribution in [0.25, 0.3) is 0 Å². The van der Waals surface area contributed by atoms with Crippen LogP contribution in [0.15, 0.2) is 36.4 Å². The first kappa shape index (κ1) is 20.8. The molecule has 0 bridgehead atoms. The molecule has 152 valence electrons. The third kappa shape index (κ3) is 4.59. The Balaban J connectivity index is 1.78. The summed E-state index contributed by atoms with van der Waals surface area (Å²) in [6.07, 6.45) is 0.268. The molecule has 2 aromatic rings. The van der Waals surface area contributed by atoms with Crippen LogP contribution < -0.4 is 20.6 Å². The van der Waals surface area contributed by atoms with Gasteiger partial charge in [0, 0.05) is 18.7 Å². The van der Waals surface area contributed by atoms with Crippen molar-refractivity contribution in [2.24, 2.45) is 0 Å². The van der Waals surface area contributed by atoms with E-state index in [-0.39, 0.29) is 23.6 Å². The van der Waals surface area contributed by atoms with Crippen LogP contribution >= 0.6 is 0 Å². The molecule has 1 aliphatic heterocycles. The SMILES string of the molecule is CNCc1ccc(C(=O)N[C@H]2Cc3cccc(C(=O)O)c3OB2O)cc1CNC. The van der Waals surface area contributed by atoms with Crippen LogP contribution in [-0.2, 0) is 19.5 Å². The fraction of sp³-hybridized carbons (Fsp3) is 0.300. The number of nitrogens with one attached hydrogen (secondary N) is 3. The van der Waals surface area contributed by atoms with E-state index in [0.717, 1.165) is 11.1 Å². The van der Waals surface area contributed by atoms with Crippen molar-refractivity contribution < 1.29 is 24.4 Å². The first-order chi connectivity index (χ1) is 13.9. The Kier molecular flexibility index (Phi) is 6.53. The summed E-state index contributed by atoms with van der Waals surface area (Å²) in [4.78, 5) is 24.1. The number of rotatable bonds is 7. The second kappa shape index (κ2) is 9.08. The summed E-state index contributed by atoms with van der Waals surface area (Å²) < 4.78 is 5.43. The highest BCUT2D eigenvalue weighted by molar-refractivity contribution is 6.47. The first-order valence-corrected chi connectivity index (χ1v) is 9.36. The van der Waals surface area contributed by atoms with Gasteiger partial charge in [0.15, 0.2) is 0 Å². The largest absolute Gasteiger partial charge is 0.547 e. The highest BCUT2D eigenvalue weighted by Gasteiger charge is 2.37. The summed E-state index contributed by atoms with van der Waals surface area (Å²) in [5, 5.41) is 28.6. The number of hydrogen-bond acceptors (Lipinski definition) is 6. The summed E-state index contributed by atoms with van der Waals surface area (Å²) in [5.41, 5.74) is 3.19. The molecule has 3 rings (SSSR count). The number of carboxylic acid groups (broad SMARTS) is 1. The summed E-state index contributed by atoms with van der Waals surface area (Å²) in [5.74, 6) is -2.01. The van der Waals surface area contributed by atoms with Gasteiger partial charge in [-0.15, -0.1) is 0 Å². The molecule has 5 N–H and O–H groups in total. The number of carbonyl (C=O) groups excluding carboxylic acids is 1. The van der Waals surface area contributed by atoms with Crippen LogP contribution in [0.1, 0.15) is 37.4 Å². The Morgan fingerprint density at radius 2 is 1.86 bits per heavy atom. The molecule has 0 spiro atoms. The van der Waals surface area contributed by atoms with Gasteiger partial charge in [0.1, 0.15) is 5.75 Å². The Morgan fingerprint density at radius 1 is 1.14 bits per heavy atom. The zero-order chi connectivity index (χ0) is 21.0. The number of aromatic carboxylic acids is 1. The van der Waals surface area contributed by atoms with Crippen LogP contribution in [0.2, 0.25) is 0 Å². The zero-order valence-electron chi connectivity index (χ0n) is 16.4. The van der Waals surface area contributed by atoms with Gasteiger partial charge in [0.05, 0.1) is 11.5 Å². The predicted octanol–water partition coefficient (Wildman–Crippen LogP) is 0.577. The van der Waals surface area contributed by atoms with Crippen molar-refractivity contribution >= 4 is 19.0 Å². The van der Waals surface area contributed by atoms with E-state index in [1.54, 1.807) is 18.2 Å². The average Bonchev–Trinajstić information content (AvgIpc) is 2.69. The Bertz CT molecular complexity index is 921. The lowest BCUT2D eigenvalue weighted by Gasteiger charge is -2.29. The van der Waals surface area contributed by atoms with E-state index in [4.69, 9.17) is 4.65 Å². The summed E-state index contributed by atoms with van der Waals surface area (Å²) in [6.45, 7) is 1.31. The molecule has 0 saturated heterocycles.